The van der Waals surface area contributed by atoms with E-state index in [0.717, 1.165) is 19.3 Å². The number of carbonyl (C=O) groups excluding carboxylic acids is 1. The molecule has 0 saturated heterocycles. The van der Waals surface area contributed by atoms with Crippen LogP contribution < -0.4 is 10.0 Å². The summed E-state index contributed by atoms with van der Waals surface area (Å²) in [6.07, 6.45) is 3.08. The Bertz CT molecular complexity index is 869. The molecule has 0 saturated carbocycles. The molecule has 2 aromatic carbocycles. The fourth-order valence-electron chi connectivity index (χ4n) is 2.26. The molecule has 0 fully saturated rings. The summed E-state index contributed by atoms with van der Waals surface area (Å²) < 4.78 is 27.4. The first-order valence-electron chi connectivity index (χ1n) is 8.19. The van der Waals surface area contributed by atoms with E-state index in [0.29, 0.717) is 17.8 Å². The number of hydrogen-bond acceptors (Lipinski definition) is 3. The molecule has 0 aliphatic carbocycles. The zero-order valence-corrected chi connectivity index (χ0v) is 16.6. The Hall–Kier alpha value is -1.76. The van der Waals surface area contributed by atoms with Crippen LogP contribution in [0.3, 0.4) is 0 Å². The van der Waals surface area contributed by atoms with E-state index in [-0.39, 0.29) is 20.8 Å². The largest absolute Gasteiger partial charge is 0.352 e. The van der Waals surface area contributed by atoms with Crippen molar-refractivity contribution in [2.24, 2.45) is 0 Å². The van der Waals surface area contributed by atoms with Gasteiger partial charge in [0.2, 0.25) is 0 Å². The summed E-state index contributed by atoms with van der Waals surface area (Å²) in [5.41, 5.74) is 0.786. The molecule has 8 heteroatoms. The van der Waals surface area contributed by atoms with Crippen LogP contribution in [0.25, 0.3) is 0 Å². The third kappa shape index (κ3) is 5.62. The van der Waals surface area contributed by atoms with Crippen molar-refractivity contribution in [3.05, 3.63) is 58.1 Å². The van der Waals surface area contributed by atoms with Gasteiger partial charge in [0, 0.05) is 22.8 Å². The zero-order chi connectivity index (χ0) is 19.2. The van der Waals surface area contributed by atoms with Crippen LogP contribution in [0.2, 0.25) is 10.0 Å². The molecule has 140 valence electrons. The smallest absolute Gasteiger partial charge is 0.263 e. The van der Waals surface area contributed by atoms with E-state index in [1.807, 2.05) is 0 Å². The maximum Gasteiger partial charge on any atom is 0.263 e. The minimum Gasteiger partial charge on any atom is -0.352 e. The van der Waals surface area contributed by atoms with Crippen molar-refractivity contribution in [2.75, 3.05) is 11.3 Å². The van der Waals surface area contributed by atoms with Crippen molar-refractivity contribution in [1.82, 2.24) is 5.32 Å². The standard InChI is InChI=1S/C18H20Cl2N2O3S/c1-2-3-4-11-21-18(23)13-5-8-15(9-6-13)22-26(24,25)17-12-14(19)7-10-16(17)20/h5-10,12,22H,2-4,11H2,1H3,(H,21,23). The molecule has 0 unspecified atom stereocenters. The first-order chi connectivity index (χ1) is 12.3. The normalized spacial score (nSPS) is 11.2. The Morgan fingerprint density at radius 1 is 1.04 bits per heavy atom. The number of halogens is 2. The topological polar surface area (TPSA) is 75.3 Å². The first-order valence-corrected chi connectivity index (χ1v) is 10.4. The highest BCUT2D eigenvalue weighted by Crippen LogP contribution is 2.26. The number of benzene rings is 2. The number of carbonyl (C=O) groups is 1. The second kappa shape index (κ2) is 9.26. The third-order valence-electron chi connectivity index (χ3n) is 3.65. The van der Waals surface area contributed by atoms with Gasteiger partial charge in [0.25, 0.3) is 15.9 Å². The summed E-state index contributed by atoms with van der Waals surface area (Å²) in [6.45, 7) is 2.71. The molecule has 0 heterocycles. The van der Waals surface area contributed by atoms with Crippen molar-refractivity contribution in [2.45, 2.75) is 31.1 Å². The van der Waals surface area contributed by atoms with Crippen LogP contribution in [0.1, 0.15) is 36.5 Å². The van der Waals surface area contributed by atoms with Crippen LogP contribution in [0, 0.1) is 0 Å². The van der Waals surface area contributed by atoms with E-state index in [4.69, 9.17) is 23.2 Å². The minimum atomic E-state index is -3.89. The molecule has 0 aromatic heterocycles. The Morgan fingerprint density at radius 3 is 2.38 bits per heavy atom. The first kappa shape index (κ1) is 20.6. The van der Waals surface area contributed by atoms with E-state index in [1.54, 1.807) is 12.1 Å². The van der Waals surface area contributed by atoms with Gasteiger partial charge in [-0.1, -0.05) is 43.0 Å². The van der Waals surface area contributed by atoms with Crippen LogP contribution in [-0.2, 0) is 10.0 Å². The Balaban J connectivity index is 2.06. The molecule has 0 radical (unpaired) electrons. The van der Waals surface area contributed by atoms with Gasteiger partial charge in [0.1, 0.15) is 4.90 Å². The van der Waals surface area contributed by atoms with Gasteiger partial charge >= 0.3 is 0 Å². The molecule has 26 heavy (non-hydrogen) atoms. The number of rotatable bonds is 8. The van der Waals surface area contributed by atoms with Crippen LogP contribution >= 0.6 is 23.2 Å². The predicted molar refractivity (Wildman–Crippen MR) is 106 cm³/mol. The molecule has 2 N–H and O–H groups in total. The van der Waals surface area contributed by atoms with E-state index < -0.39 is 10.0 Å². The van der Waals surface area contributed by atoms with E-state index >= 15 is 0 Å². The summed E-state index contributed by atoms with van der Waals surface area (Å²) in [7, 11) is -3.89. The fraction of sp³-hybridized carbons (Fsp3) is 0.278. The van der Waals surface area contributed by atoms with E-state index in [1.165, 1.54) is 30.3 Å². The molecular formula is C18H20Cl2N2O3S. The summed E-state index contributed by atoms with van der Waals surface area (Å²) >= 11 is 11.8. The molecule has 1 amide bonds. The Morgan fingerprint density at radius 2 is 1.73 bits per heavy atom. The molecular weight excluding hydrogens is 395 g/mol. The van der Waals surface area contributed by atoms with Gasteiger partial charge in [0.05, 0.1) is 5.02 Å². The maximum atomic E-state index is 12.5. The monoisotopic (exact) mass is 414 g/mol. The molecule has 0 atom stereocenters. The maximum absolute atomic E-state index is 12.5. The summed E-state index contributed by atoms with van der Waals surface area (Å²) in [5, 5.41) is 3.17. The lowest BCUT2D eigenvalue weighted by molar-refractivity contribution is 0.0953. The van der Waals surface area contributed by atoms with Crippen molar-refractivity contribution >= 4 is 44.8 Å². The second-order valence-electron chi connectivity index (χ2n) is 5.72. The van der Waals surface area contributed by atoms with Crippen LogP contribution in [-0.4, -0.2) is 20.9 Å². The molecule has 0 aliphatic heterocycles. The highest BCUT2D eigenvalue weighted by atomic mass is 35.5. The molecule has 0 aliphatic rings. The lowest BCUT2D eigenvalue weighted by Gasteiger charge is -2.10. The van der Waals surface area contributed by atoms with E-state index in [9.17, 15) is 13.2 Å². The quantitative estimate of drug-likeness (QED) is 0.613. The number of nitrogens with one attached hydrogen (secondary N) is 2. The van der Waals surface area contributed by atoms with Gasteiger partial charge in [0.15, 0.2) is 0 Å². The third-order valence-corrected chi connectivity index (χ3v) is 5.75. The van der Waals surface area contributed by atoms with Gasteiger partial charge in [-0.05, 0) is 48.9 Å². The Labute approximate surface area is 163 Å². The van der Waals surface area contributed by atoms with E-state index in [2.05, 4.69) is 17.0 Å². The molecule has 2 aromatic rings. The van der Waals surface area contributed by atoms with Crippen molar-refractivity contribution in [3.8, 4) is 0 Å². The Kier molecular flexibility index (Phi) is 7.32. The van der Waals surface area contributed by atoms with Crippen molar-refractivity contribution < 1.29 is 13.2 Å². The van der Waals surface area contributed by atoms with Gasteiger partial charge in [-0.3, -0.25) is 9.52 Å². The highest BCUT2D eigenvalue weighted by molar-refractivity contribution is 7.92. The molecule has 0 bridgehead atoms. The summed E-state index contributed by atoms with van der Waals surface area (Å²) in [4.78, 5) is 11.9. The van der Waals surface area contributed by atoms with Gasteiger partial charge in [-0.15, -0.1) is 0 Å². The van der Waals surface area contributed by atoms with Crippen molar-refractivity contribution in [3.63, 3.8) is 0 Å². The van der Waals surface area contributed by atoms with Gasteiger partial charge in [-0.2, -0.15) is 0 Å². The lowest BCUT2D eigenvalue weighted by atomic mass is 10.2. The molecule has 0 spiro atoms. The number of hydrogen-bond donors (Lipinski definition) is 2. The molecule has 2 rings (SSSR count). The number of unbranched alkanes of at least 4 members (excludes halogenated alkanes) is 2. The number of amides is 1. The zero-order valence-electron chi connectivity index (χ0n) is 14.3. The van der Waals surface area contributed by atoms with Crippen LogP contribution in [0.15, 0.2) is 47.4 Å². The minimum absolute atomic E-state index is 0.0741. The highest BCUT2D eigenvalue weighted by Gasteiger charge is 2.18. The SMILES string of the molecule is CCCCCNC(=O)c1ccc(NS(=O)(=O)c2cc(Cl)ccc2Cl)cc1. The van der Waals surface area contributed by atoms with Crippen LogP contribution in [0.5, 0.6) is 0 Å². The summed E-state index contributed by atoms with van der Waals surface area (Å²) in [5.74, 6) is -0.187. The van der Waals surface area contributed by atoms with Crippen LogP contribution in [0.4, 0.5) is 5.69 Å². The predicted octanol–water partition coefficient (Wildman–Crippen LogP) is 4.71. The number of sulfonamides is 1. The average Bonchev–Trinajstić information content (AvgIpc) is 2.61. The second-order valence-corrected chi connectivity index (χ2v) is 8.22. The fourth-order valence-corrected chi connectivity index (χ4v) is 4.08. The van der Waals surface area contributed by atoms with Gasteiger partial charge < -0.3 is 5.32 Å². The molecule has 5 nitrogen and oxygen atoms in total. The number of anilines is 1. The average molecular weight is 415 g/mol. The lowest BCUT2D eigenvalue weighted by Crippen LogP contribution is -2.24. The van der Waals surface area contributed by atoms with Gasteiger partial charge in [-0.25, -0.2) is 8.42 Å². The summed E-state index contributed by atoms with van der Waals surface area (Å²) in [6, 6.07) is 10.4. The van der Waals surface area contributed by atoms with Crippen molar-refractivity contribution in [1.29, 1.82) is 0 Å².